The van der Waals surface area contributed by atoms with E-state index in [0.717, 1.165) is 11.1 Å². The molecule has 0 spiro atoms. The lowest BCUT2D eigenvalue weighted by Gasteiger charge is -2.02. The van der Waals surface area contributed by atoms with Crippen LogP contribution >= 0.6 is 0 Å². The molecule has 1 heterocycles. The highest BCUT2D eigenvalue weighted by Gasteiger charge is 2.10. The molecule has 0 fully saturated rings. The maximum Gasteiger partial charge on any atom is 0.356 e. The highest BCUT2D eigenvalue weighted by Crippen LogP contribution is 2.08. The van der Waals surface area contributed by atoms with Gasteiger partial charge in [-0.1, -0.05) is 11.8 Å². The Balaban J connectivity index is 2.66. The number of ether oxygens (including phenoxy) is 1. The van der Waals surface area contributed by atoms with Gasteiger partial charge in [-0.3, -0.25) is 4.79 Å². The minimum absolute atomic E-state index is 0.0678. The Morgan fingerprint density at radius 3 is 2.79 bits per heavy atom. The second kappa shape index (κ2) is 7.17. The van der Waals surface area contributed by atoms with Crippen molar-refractivity contribution in [3.05, 3.63) is 29.1 Å². The van der Waals surface area contributed by atoms with Crippen molar-refractivity contribution in [2.24, 2.45) is 0 Å². The molecule has 0 aromatic carbocycles. The molecular formula is C14H16N2O3. The van der Waals surface area contributed by atoms with Gasteiger partial charge in [-0.15, -0.1) is 0 Å². The van der Waals surface area contributed by atoms with E-state index < -0.39 is 5.97 Å². The van der Waals surface area contributed by atoms with E-state index in [1.165, 1.54) is 20.2 Å². The molecule has 1 rings (SSSR count). The number of aryl methyl sites for hydroxylation is 1. The molecule has 5 heteroatoms. The van der Waals surface area contributed by atoms with Gasteiger partial charge in [-0.25, -0.2) is 9.78 Å². The van der Waals surface area contributed by atoms with Crippen LogP contribution in [0.25, 0.3) is 0 Å². The third kappa shape index (κ3) is 4.80. The lowest BCUT2D eigenvalue weighted by molar-refractivity contribution is -0.118. The largest absolute Gasteiger partial charge is 0.464 e. The first-order valence-corrected chi connectivity index (χ1v) is 5.83. The van der Waals surface area contributed by atoms with Gasteiger partial charge in [-0.05, 0) is 18.6 Å². The Hall–Kier alpha value is -2.35. The normalized spacial score (nSPS) is 9.21. The van der Waals surface area contributed by atoms with E-state index in [-0.39, 0.29) is 5.91 Å². The lowest BCUT2D eigenvalue weighted by Crippen LogP contribution is -2.20. The van der Waals surface area contributed by atoms with Crippen molar-refractivity contribution in [1.82, 2.24) is 10.3 Å². The van der Waals surface area contributed by atoms with E-state index in [1.807, 2.05) is 0 Å². The third-order valence-corrected chi connectivity index (χ3v) is 2.31. The number of nitrogens with one attached hydrogen (secondary N) is 1. The summed E-state index contributed by atoms with van der Waals surface area (Å²) >= 11 is 0. The Morgan fingerprint density at radius 2 is 2.21 bits per heavy atom. The van der Waals surface area contributed by atoms with Crippen molar-refractivity contribution in [2.45, 2.75) is 20.3 Å². The van der Waals surface area contributed by atoms with Crippen LogP contribution in [0, 0.1) is 18.8 Å². The van der Waals surface area contributed by atoms with E-state index in [2.05, 4.69) is 26.9 Å². The van der Waals surface area contributed by atoms with Crippen LogP contribution in [0.5, 0.6) is 0 Å². The first-order chi connectivity index (χ1) is 9.04. The second-order valence-electron chi connectivity index (χ2n) is 3.92. The van der Waals surface area contributed by atoms with Gasteiger partial charge in [0.15, 0.2) is 5.69 Å². The Labute approximate surface area is 112 Å². The summed E-state index contributed by atoms with van der Waals surface area (Å²) in [6.07, 6.45) is 2.10. The molecule has 0 saturated carbocycles. The second-order valence-corrected chi connectivity index (χ2v) is 3.92. The monoisotopic (exact) mass is 260 g/mol. The van der Waals surface area contributed by atoms with Crippen molar-refractivity contribution >= 4 is 11.9 Å². The number of amides is 1. The molecule has 0 bridgehead atoms. The summed E-state index contributed by atoms with van der Waals surface area (Å²) < 4.78 is 4.61. The molecule has 19 heavy (non-hydrogen) atoms. The standard InChI is InChI=1S/C14H16N2O3/c1-10-8-12(6-4-5-7-15-11(2)17)9-16-13(10)14(18)19-3/h8-9H,5,7H2,1-3H3,(H,15,17). The Bertz CT molecular complexity index is 541. The minimum atomic E-state index is -0.456. The summed E-state index contributed by atoms with van der Waals surface area (Å²) in [5, 5.41) is 2.66. The van der Waals surface area contributed by atoms with Crippen LogP contribution in [-0.4, -0.2) is 30.5 Å². The lowest BCUT2D eigenvalue weighted by atomic mass is 10.1. The predicted octanol–water partition coefficient (Wildman–Crippen LogP) is 1.05. The van der Waals surface area contributed by atoms with Gasteiger partial charge < -0.3 is 10.1 Å². The van der Waals surface area contributed by atoms with Crippen molar-refractivity contribution in [2.75, 3.05) is 13.7 Å². The van der Waals surface area contributed by atoms with Crippen molar-refractivity contribution in [3.8, 4) is 11.8 Å². The Morgan fingerprint density at radius 1 is 1.47 bits per heavy atom. The molecule has 0 aliphatic heterocycles. The molecule has 0 atom stereocenters. The number of methoxy groups -OCH3 is 1. The average Bonchev–Trinajstić information content (AvgIpc) is 2.37. The van der Waals surface area contributed by atoms with E-state index in [9.17, 15) is 9.59 Å². The van der Waals surface area contributed by atoms with Crippen LogP contribution in [0.2, 0.25) is 0 Å². The zero-order valence-electron chi connectivity index (χ0n) is 11.2. The molecule has 1 N–H and O–H groups in total. The summed E-state index contributed by atoms with van der Waals surface area (Å²) in [5.74, 6) is 5.33. The van der Waals surface area contributed by atoms with Gasteiger partial charge >= 0.3 is 5.97 Å². The molecule has 0 unspecified atom stereocenters. The quantitative estimate of drug-likeness (QED) is 0.501. The van der Waals surface area contributed by atoms with Gasteiger partial charge in [0.2, 0.25) is 5.91 Å². The fourth-order valence-corrected chi connectivity index (χ4v) is 1.42. The molecule has 1 amide bonds. The molecule has 0 aliphatic rings. The summed E-state index contributed by atoms with van der Waals surface area (Å²) in [7, 11) is 1.32. The van der Waals surface area contributed by atoms with Gasteiger partial charge in [0.1, 0.15) is 0 Å². The summed E-state index contributed by atoms with van der Waals surface area (Å²) in [5.41, 5.74) is 1.75. The van der Waals surface area contributed by atoms with Crippen LogP contribution in [0.1, 0.15) is 35.0 Å². The molecule has 0 saturated heterocycles. The molecule has 100 valence electrons. The summed E-state index contributed by atoms with van der Waals surface area (Å²) in [4.78, 5) is 26.0. The fourth-order valence-electron chi connectivity index (χ4n) is 1.42. The average molecular weight is 260 g/mol. The zero-order chi connectivity index (χ0) is 14.3. The number of aromatic nitrogens is 1. The van der Waals surface area contributed by atoms with Gasteiger partial charge in [0.25, 0.3) is 0 Å². The zero-order valence-corrected chi connectivity index (χ0v) is 11.2. The fraction of sp³-hybridized carbons (Fsp3) is 0.357. The van der Waals surface area contributed by atoms with Crippen molar-refractivity contribution < 1.29 is 14.3 Å². The van der Waals surface area contributed by atoms with Gasteiger partial charge in [0.05, 0.1) is 7.11 Å². The van der Waals surface area contributed by atoms with Crippen LogP contribution in [0.3, 0.4) is 0 Å². The predicted molar refractivity (Wildman–Crippen MR) is 70.5 cm³/mol. The number of rotatable bonds is 3. The number of esters is 1. The highest BCUT2D eigenvalue weighted by atomic mass is 16.5. The number of hydrogen-bond acceptors (Lipinski definition) is 4. The molecule has 0 radical (unpaired) electrons. The highest BCUT2D eigenvalue weighted by molar-refractivity contribution is 5.88. The topological polar surface area (TPSA) is 68.3 Å². The van der Waals surface area contributed by atoms with Gasteiger partial charge in [-0.2, -0.15) is 0 Å². The first kappa shape index (κ1) is 14.7. The van der Waals surface area contributed by atoms with Crippen molar-refractivity contribution in [3.63, 3.8) is 0 Å². The number of pyridine rings is 1. The Kier molecular flexibility index (Phi) is 5.55. The van der Waals surface area contributed by atoms with Crippen LogP contribution < -0.4 is 5.32 Å². The SMILES string of the molecule is COC(=O)c1ncc(C#CCCNC(C)=O)cc1C. The first-order valence-electron chi connectivity index (χ1n) is 5.83. The van der Waals surface area contributed by atoms with E-state index >= 15 is 0 Å². The van der Waals surface area contributed by atoms with Crippen LogP contribution in [-0.2, 0) is 9.53 Å². The smallest absolute Gasteiger partial charge is 0.356 e. The van der Waals surface area contributed by atoms with E-state index in [1.54, 1.807) is 13.0 Å². The molecule has 1 aromatic heterocycles. The van der Waals surface area contributed by atoms with E-state index in [0.29, 0.717) is 18.7 Å². The van der Waals surface area contributed by atoms with Crippen LogP contribution in [0.15, 0.2) is 12.3 Å². The molecule has 5 nitrogen and oxygen atoms in total. The van der Waals surface area contributed by atoms with Gasteiger partial charge in [0, 0.05) is 31.6 Å². The summed E-state index contributed by atoms with van der Waals surface area (Å²) in [6, 6.07) is 1.78. The van der Waals surface area contributed by atoms with Crippen LogP contribution in [0.4, 0.5) is 0 Å². The summed E-state index contributed by atoms with van der Waals surface area (Å²) in [6.45, 7) is 3.77. The molecular weight excluding hydrogens is 244 g/mol. The number of nitrogens with zero attached hydrogens (tertiary/aromatic N) is 1. The number of carbonyl (C=O) groups excluding carboxylic acids is 2. The maximum atomic E-state index is 11.3. The maximum absolute atomic E-state index is 11.3. The molecule has 0 aliphatic carbocycles. The molecule has 1 aromatic rings. The number of carbonyl (C=O) groups is 2. The van der Waals surface area contributed by atoms with Crippen molar-refractivity contribution in [1.29, 1.82) is 0 Å². The third-order valence-electron chi connectivity index (χ3n) is 2.31. The minimum Gasteiger partial charge on any atom is -0.464 e. The van der Waals surface area contributed by atoms with E-state index in [4.69, 9.17) is 0 Å². The number of hydrogen-bond donors (Lipinski definition) is 1.